The van der Waals surface area contributed by atoms with E-state index in [9.17, 15) is 47.9 Å². The summed E-state index contributed by atoms with van der Waals surface area (Å²) < 4.78 is 156. The van der Waals surface area contributed by atoms with Gasteiger partial charge in [0, 0.05) is 4.43 Å². The van der Waals surface area contributed by atoms with Crippen LogP contribution in [0.3, 0.4) is 0 Å². The number of ether oxygens (including phenoxy) is 1. The van der Waals surface area contributed by atoms with E-state index in [0.717, 1.165) is 59.1 Å². The highest BCUT2D eigenvalue weighted by molar-refractivity contribution is 14.1. The first-order chi connectivity index (χ1) is 20.8. The van der Waals surface area contributed by atoms with Crippen LogP contribution < -0.4 is 8.92 Å². The summed E-state index contributed by atoms with van der Waals surface area (Å²) in [6.07, 6.45) is -2.10. The molecule has 5 rings (SSSR count). The molecule has 0 bridgehead atoms. The summed E-state index contributed by atoms with van der Waals surface area (Å²) in [4.78, 5) is 0. The quantitative estimate of drug-likeness (QED) is 0.110. The molecule has 0 amide bonds. The van der Waals surface area contributed by atoms with Crippen LogP contribution in [0.1, 0.15) is 67.6 Å². The van der Waals surface area contributed by atoms with E-state index in [4.69, 9.17) is 4.74 Å². The summed E-state index contributed by atoms with van der Waals surface area (Å²) in [6, 6.07) is 11.2. The Bertz CT molecular complexity index is 1510. The van der Waals surface area contributed by atoms with Gasteiger partial charge in [0.15, 0.2) is 0 Å². The molecular formula is C30H30F9IO4S. The third-order valence-electron chi connectivity index (χ3n) is 9.77. The largest absolute Gasteiger partial charge is 0.493 e. The lowest BCUT2D eigenvalue weighted by molar-refractivity contribution is -0.382. The van der Waals surface area contributed by atoms with Gasteiger partial charge in [0.1, 0.15) is 11.5 Å². The van der Waals surface area contributed by atoms with E-state index < -0.39 is 39.1 Å². The van der Waals surface area contributed by atoms with Crippen molar-refractivity contribution < 1.29 is 56.9 Å². The fraction of sp³-hybridized carbons (Fsp3) is 0.600. The van der Waals surface area contributed by atoms with E-state index in [2.05, 4.69) is 33.7 Å². The lowest BCUT2D eigenvalue weighted by Crippen LogP contribution is -2.63. The van der Waals surface area contributed by atoms with E-state index in [1.165, 1.54) is 6.07 Å². The molecular weight excluding hydrogens is 754 g/mol. The fourth-order valence-corrected chi connectivity index (χ4v) is 8.86. The summed E-state index contributed by atoms with van der Waals surface area (Å²) in [6.45, 7) is 2.84. The van der Waals surface area contributed by atoms with Gasteiger partial charge in [0.2, 0.25) is 0 Å². The number of alkyl halides is 10. The highest BCUT2D eigenvalue weighted by atomic mass is 127. The van der Waals surface area contributed by atoms with Crippen LogP contribution in [0.5, 0.6) is 11.5 Å². The highest BCUT2D eigenvalue weighted by Crippen LogP contribution is 2.65. The van der Waals surface area contributed by atoms with Gasteiger partial charge in [-0.05, 0) is 102 Å². The molecule has 0 N–H and O–H groups in total. The zero-order valence-electron chi connectivity index (χ0n) is 23.8. The lowest BCUT2D eigenvalue weighted by atomic mass is 9.51. The van der Waals surface area contributed by atoms with Crippen LogP contribution in [0, 0.1) is 17.3 Å². The van der Waals surface area contributed by atoms with Crippen molar-refractivity contribution in [2.45, 2.75) is 80.6 Å². The molecule has 2 saturated carbocycles. The van der Waals surface area contributed by atoms with Crippen molar-refractivity contribution in [1.29, 1.82) is 0 Å². The monoisotopic (exact) mass is 784 g/mol. The first kappa shape index (κ1) is 34.4. The molecule has 4 nitrogen and oxygen atoms in total. The van der Waals surface area contributed by atoms with Crippen LogP contribution in [0.25, 0.3) is 0 Å². The van der Waals surface area contributed by atoms with Crippen molar-refractivity contribution in [2.75, 3.05) is 11.0 Å². The minimum absolute atomic E-state index is 0.0233. The van der Waals surface area contributed by atoms with Crippen molar-refractivity contribution in [3.05, 3.63) is 59.2 Å². The van der Waals surface area contributed by atoms with Crippen LogP contribution in [0.4, 0.5) is 39.5 Å². The summed E-state index contributed by atoms with van der Waals surface area (Å²) in [7, 11) is -7.02. The minimum Gasteiger partial charge on any atom is -0.493 e. The van der Waals surface area contributed by atoms with Gasteiger partial charge in [-0.15, -0.1) is 0 Å². The second kappa shape index (κ2) is 11.7. The van der Waals surface area contributed by atoms with Crippen LogP contribution in [-0.4, -0.2) is 42.7 Å². The Morgan fingerprint density at radius 3 is 2.18 bits per heavy atom. The molecule has 0 spiro atoms. The van der Waals surface area contributed by atoms with Gasteiger partial charge in [-0.3, -0.25) is 0 Å². The molecule has 0 heterocycles. The zero-order valence-corrected chi connectivity index (χ0v) is 26.8. The van der Waals surface area contributed by atoms with E-state index >= 15 is 0 Å². The Kier molecular flexibility index (Phi) is 8.92. The first-order valence-electron chi connectivity index (χ1n) is 14.3. The summed E-state index contributed by atoms with van der Waals surface area (Å²) >= 11 is 2.21. The zero-order chi connectivity index (χ0) is 33.2. The molecule has 2 aromatic carbocycles. The Morgan fingerprint density at radius 1 is 0.911 bits per heavy atom. The number of rotatable bonds is 9. The topological polar surface area (TPSA) is 52.6 Å². The molecule has 3 aliphatic carbocycles. The molecule has 0 aliphatic heterocycles. The maximum atomic E-state index is 14.3. The average Bonchev–Trinajstić information content (AvgIpc) is 3.36. The molecule has 0 aromatic heterocycles. The van der Waals surface area contributed by atoms with Gasteiger partial charge in [0.25, 0.3) is 0 Å². The van der Waals surface area contributed by atoms with E-state index in [1.807, 2.05) is 24.3 Å². The summed E-state index contributed by atoms with van der Waals surface area (Å²) in [5.41, 5.74) is 2.43. The molecule has 3 aliphatic rings. The molecule has 15 heteroatoms. The molecule has 0 radical (unpaired) electrons. The number of benzene rings is 2. The van der Waals surface area contributed by atoms with E-state index in [0.29, 0.717) is 30.9 Å². The Morgan fingerprint density at radius 2 is 1.56 bits per heavy atom. The van der Waals surface area contributed by atoms with Crippen molar-refractivity contribution in [1.82, 2.24) is 0 Å². The van der Waals surface area contributed by atoms with Crippen LogP contribution in [-0.2, 0) is 16.5 Å². The average molecular weight is 785 g/mol. The van der Waals surface area contributed by atoms with Crippen LogP contribution >= 0.6 is 22.6 Å². The first-order valence-corrected chi connectivity index (χ1v) is 17.3. The van der Waals surface area contributed by atoms with Crippen molar-refractivity contribution >= 4 is 32.7 Å². The number of hydrogen-bond acceptors (Lipinski definition) is 4. The molecule has 0 saturated heterocycles. The molecule has 0 unspecified atom stereocenters. The van der Waals surface area contributed by atoms with Crippen LogP contribution in [0.15, 0.2) is 42.5 Å². The number of halogens is 10. The predicted molar refractivity (Wildman–Crippen MR) is 155 cm³/mol. The van der Waals surface area contributed by atoms with Gasteiger partial charge in [0.05, 0.1) is 6.61 Å². The Balaban J connectivity index is 1.47. The number of fused-ring (bicyclic) bond motifs is 5. The smallest absolute Gasteiger partial charge is 0.460 e. The third-order valence-corrected chi connectivity index (χ3v) is 11.5. The predicted octanol–water partition coefficient (Wildman–Crippen LogP) is 9.27. The number of hydrogen-bond donors (Lipinski definition) is 0. The second-order valence-corrected chi connectivity index (χ2v) is 15.0. The highest BCUT2D eigenvalue weighted by Gasteiger charge is 2.86. The van der Waals surface area contributed by atoms with E-state index in [-0.39, 0.29) is 23.2 Å². The standard InChI is InChI=1S/C30H30F9IO4S/c1-26-12-2-3-24(26)22-10-6-18-15-20(44-45(41,42)30(38,39)28(33,34)27(31,32)29(35,36)37)9-11-21(18)25(22)23(16-26)17-4-7-19(8-5-17)43-14-13-40/h4-5,7-9,11,15,22-25H,2-3,6,10,12-14,16H2,1H3/t22-,23+,24-,25+,26-/m0/s1. The summed E-state index contributed by atoms with van der Waals surface area (Å²) in [5.74, 6) is -14.3. The summed E-state index contributed by atoms with van der Waals surface area (Å²) in [5, 5.41) is -6.92. The molecule has 45 heavy (non-hydrogen) atoms. The Hall–Kier alpha value is -1.91. The van der Waals surface area contributed by atoms with Crippen molar-refractivity contribution in [3.63, 3.8) is 0 Å². The fourth-order valence-electron chi connectivity index (χ4n) is 7.74. The molecule has 250 valence electrons. The molecule has 2 fully saturated rings. The molecule has 5 atom stereocenters. The van der Waals surface area contributed by atoms with E-state index in [1.54, 1.807) is 0 Å². The molecule has 2 aromatic rings. The third kappa shape index (κ3) is 5.68. The lowest BCUT2D eigenvalue weighted by Gasteiger charge is -2.53. The van der Waals surface area contributed by atoms with Gasteiger partial charge in [-0.1, -0.05) is 54.1 Å². The van der Waals surface area contributed by atoms with Gasteiger partial charge in [-0.25, -0.2) is 0 Å². The number of aryl methyl sites for hydroxylation is 1. The van der Waals surface area contributed by atoms with Crippen molar-refractivity contribution in [2.24, 2.45) is 17.3 Å². The van der Waals surface area contributed by atoms with Gasteiger partial charge >= 0.3 is 33.4 Å². The maximum Gasteiger partial charge on any atom is 0.460 e. The van der Waals surface area contributed by atoms with Crippen molar-refractivity contribution in [3.8, 4) is 11.5 Å². The maximum absolute atomic E-state index is 14.3. The van der Waals surface area contributed by atoms with Crippen LogP contribution in [0.2, 0.25) is 0 Å². The van der Waals surface area contributed by atoms with Gasteiger partial charge < -0.3 is 8.92 Å². The van der Waals surface area contributed by atoms with Gasteiger partial charge in [-0.2, -0.15) is 47.9 Å². The normalized spacial score (nSPS) is 27.4. The Labute approximate surface area is 268 Å². The second-order valence-electron chi connectivity index (χ2n) is 12.4. The minimum atomic E-state index is -7.37. The SMILES string of the molecule is C[C@@]12CCC[C@H]1[C@@H]1CCc3cc(OS(=O)(=O)C(F)(F)C(F)(F)C(F)(F)C(F)(F)F)ccc3[C@H]1[C@@H](c1ccc(OCCI)cc1)C2.